The molecule has 5 rings (SSSR count). The molecule has 1 fully saturated rings. The zero-order chi connectivity index (χ0) is 17.5. The highest BCUT2D eigenvalue weighted by Crippen LogP contribution is 2.21. The summed E-state index contributed by atoms with van der Waals surface area (Å²) in [5.74, 6) is 1.54. The number of imidazole rings is 1. The minimum atomic E-state index is 0.0610. The molecular formula is C19H25N5O2. The van der Waals surface area contributed by atoms with E-state index in [0.717, 1.165) is 69.4 Å². The smallest absolute Gasteiger partial charge is 0.267 e. The van der Waals surface area contributed by atoms with Crippen LogP contribution in [0.3, 0.4) is 0 Å². The van der Waals surface area contributed by atoms with E-state index in [0.29, 0.717) is 12.5 Å². The van der Waals surface area contributed by atoms with Gasteiger partial charge >= 0.3 is 0 Å². The van der Waals surface area contributed by atoms with Gasteiger partial charge in [0.05, 0.1) is 24.5 Å². The molecule has 7 nitrogen and oxygen atoms in total. The van der Waals surface area contributed by atoms with Crippen LogP contribution in [0.2, 0.25) is 0 Å². The van der Waals surface area contributed by atoms with Crippen molar-refractivity contribution in [1.29, 1.82) is 0 Å². The minimum Gasteiger partial charge on any atom is -0.372 e. The molecular weight excluding hydrogens is 330 g/mol. The first kappa shape index (κ1) is 16.2. The molecule has 0 unspecified atom stereocenters. The first-order valence-electron chi connectivity index (χ1n) is 9.69. The molecule has 0 aromatic carbocycles. The Bertz CT molecular complexity index is 842. The number of fused-ring (bicyclic) bond motifs is 2. The summed E-state index contributed by atoms with van der Waals surface area (Å²) in [5.41, 5.74) is 3.48. The highest BCUT2D eigenvalue weighted by molar-refractivity contribution is 5.20. The molecule has 2 aromatic rings. The van der Waals surface area contributed by atoms with Crippen molar-refractivity contribution in [3.8, 4) is 0 Å². The summed E-state index contributed by atoms with van der Waals surface area (Å²) in [6.07, 6.45) is 6.55. The third-order valence-electron chi connectivity index (χ3n) is 5.74. The van der Waals surface area contributed by atoms with Gasteiger partial charge in [0, 0.05) is 44.4 Å². The van der Waals surface area contributed by atoms with Gasteiger partial charge in [-0.15, -0.1) is 0 Å². The Morgan fingerprint density at radius 2 is 2.12 bits per heavy atom. The van der Waals surface area contributed by atoms with Crippen molar-refractivity contribution < 1.29 is 4.74 Å². The highest BCUT2D eigenvalue weighted by Gasteiger charge is 2.29. The second-order valence-corrected chi connectivity index (χ2v) is 7.80. The van der Waals surface area contributed by atoms with E-state index in [2.05, 4.69) is 25.7 Å². The number of hydrogen-bond acceptors (Lipinski definition) is 5. The van der Waals surface area contributed by atoms with Crippen LogP contribution in [0.25, 0.3) is 0 Å². The third kappa shape index (κ3) is 3.10. The number of hydrogen-bond donors (Lipinski definition) is 0. The molecule has 0 radical (unpaired) electrons. The van der Waals surface area contributed by atoms with Crippen LogP contribution in [0.1, 0.15) is 35.6 Å². The Morgan fingerprint density at radius 1 is 1.23 bits per heavy atom. The van der Waals surface area contributed by atoms with E-state index in [1.54, 1.807) is 4.68 Å². The Labute approximate surface area is 152 Å². The number of rotatable bonds is 4. The largest absolute Gasteiger partial charge is 0.372 e. The molecule has 4 heterocycles. The molecule has 26 heavy (non-hydrogen) atoms. The predicted octanol–water partition coefficient (Wildman–Crippen LogP) is 0.981. The number of likely N-dealkylation sites (tertiary alicyclic amines) is 1. The maximum Gasteiger partial charge on any atom is 0.267 e. The van der Waals surface area contributed by atoms with Crippen molar-refractivity contribution in [3.63, 3.8) is 0 Å². The Morgan fingerprint density at radius 3 is 3.00 bits per heavy atom. The van der Waals surface area contributed by atoms with Gasteiger partial charge in [0.15, 0.2) is 0 Å². The Kier molecular flexibility index (Phi) is 4.13. The van der Waals surface area contributed by atoms with Crippen molar-refractivity contribution in [2.75, 3.05) is 19.7 Å². The van der Waals surface area contributed by atoms with Crippen molar-refractivity contribution in [2.45, 2.75) is 51.9 Å². The average Bonchev–Trinajstić information content (AvgIpc) is 3.02. The summed E-state index contributed by atoms with van der Waals surface area (Å²) < 4.78 is 9.35. The maximum atomic E-state index is 12.3. The lowest BCUT2D eigenvalue weighted by Crippen LogP contribution is -2.49. The predicted molar refractivity (Wildman–Crippen MR) is 95.8 cm³/mol. The van der Waals surface area contributed by atoms with Crippen LogP contribution in [0.4, 0.5) is 0 Å². The zero-order valence-corrected chi connectivity index (χ0v) is 15.1. The van der Waals surface area contributed by atoms with Gasteiger partial charge in [-0.05, 0) is 31.2 Å². The number of aromatic nitrogens is 4. The van der Waals surface area contributed by atoms with Gasteiger partial charge < -0.3 is 9.30 Å². The second-order valence-electron chi connectivity index (χ2n) is 7.80. The van der Waals surface area contributed by atoms with E-state index in [-0.39, 0.29) is 5.56 Å². The summed E-state index contributed by atoms with van der Waals surface area (Å²) in [6, 6.07) is 1.82. The lowest BCUT2D eigenvalue weighted by Gasteiger charge is -2.38. The topological polar surface area (TPSA) is 65.2 Å². The molecule has 0 atom stereocenters. The van der Waals surface area contributed by atoms with Crippen LogP contribution in [0.5, 0.6) is 0 Å². The molecule has 2 aliphatic heterocycles. The van der Waals surface area contributed by atoms with E-state index >= 15 is 0 Å². The van der Waals surface area contributed by atoms with Crippen molar-refractivity contribution in [1.82, 2.24) is 24.2 Å². The van der Waals surface area contributed by atoms with E-state index < -0.39 is 0 Å². The van der Waals surface area contributed by atoms with Crippen LogP contribution >= 0.6 is 0 Å². The summed E-state index contributed by atoms with van der Waals surface area (Å²) in [7, 11) is 0. The third-order valence-corrected chi connectivity index (χ3v) is 5.74. The fraction of sp³-hybridized carbons (Fsp3) is 0.632. The summed E-state index contributed by atoms with van der Waals surface area (Å²) in [5, 5.41) is 4.64. The van der Waals surface area contributed by atoms with Gasteiger partial charge in [-0.25, -0.2) is 9.67 Å². The van der Waals surface area contributed by atoms with Gasteiger partial charge in [0.1, 0.15) is 12.4 Å². The van der Waals surface area contributed by atoms with Gasteiger partial charge in [0.2, 0.25) is 0 Å². The summed E-state index contributed by atoms with van der Waals surface area (Å²) in [6.45, 7) is 5.91. The van der Waals surface area contributed by atoms with Crippen LogP contribution in [-0.2, 0) is 43.8 Å². The average molecular weight is 355 g/mol. The highest BCUT2D eigenvalue weighted by atomic mass is 16.5. The van der Waals surface area contributed by atoms with Gasteiger partial charge in [-0.3, -0.25) is 9.69 Å². The fourth-order valence-electron chi connectivity index (χ4n) is 4.35. The molecule has 1 aliphatic carbocycles. The second kappa shape index (κ2) is 6.63. The van der Waals surface area contributed by atoms with Crippen molar-refractivity contribution >= 4 is 0 Å². The molecule has 0 amide bonds. The van der Waals surface area contributed by atoms with Crippen molar-refractivity contribution in [2.24, 2.45) is 5.92 Å². The number of nitrogens with zero attached hydrogens (tertiary/aromatic N) is 5. The van der Waals surface area contributed by atoms with Gasteiger partial charge in [-0.2, -0.15) is 5.10 Å². The van der Waals surface area contributed by atoms with Crippen LogP contribution in [0.15, 0.2) is 17.1 Å². The van der Waals surface area contributed by atoms with Crippen LogP contribution in [0, 0.1) is 5.92 Å². The zero-order valence-electron chi connectivity index (χ0n) is 15.1. The molecule has 3 aliphatic rings. The number of aryl methyl sites for hydroxylation is 2. The Balaban J connectivity index is 1.19. The molecule has 0 spiro atoms. The number of ether oxygens (including phenoxy) is 1. The summed E-state index contributed by atoms with van der Waals surface area (Å²) >= 11 is 0. The molecule has 0 bridgehead atoms. The van der Waals surface area contributed by atoms with Crippen LogP contribution in [-0.4, -0.2) is 43.9 Å². The lowest BCUT2D eigenvalue weighted by atomic mass is 9.96. The first-order valence-corrected chi connectivity index (χ1v) is 9.69. The molecule has 1 saturated heterocycles. The van der Waals surface area contributed by atoms with E-state index in [4.69, 9.17) is 4.74 Å². The SMILES string of the molecule is O=c1cc2c(nn1CC1CN(Cc3cn4c(n3)COCC4)C1)CCCC2. The monoisotopic (exact) mass is 355 g/mol. The van der Waals surface area contributed by atoms with Crippen molar-refractivity contribution in [3.05, 3.63) is 45.4 Å². The lowest BCUT2D eigenvalue weighted by molar-refractivity contribution is 0.0749. The maximum absolute atomic E-state index is 12.3. The normalized spacial score (nSPS) is 20.5. The quantitative estimate of drug-likeness (QED) is 0.818. The molecule has 7 heteroatoms. The molecule has 0 N–H and O–H groups in total. The van der Waals surface area contributed by atoms with Gasteiger partial charge in [0.25, 0.3) is 5.56 Å². The van der Waals surface area contributed by atoms with Gasteiger partial charge in [-0.1, -0.05) is 0 Å². The molecule has 2 aromatic heterocycles. The Hall–Kier alpha value is -1.99. The fourth-order valence-corrected chi connectivity index (χ4v) is 4.35. The van der Waals surface area contributed by atoms with E-state index in [9.17, 15) is 4.79 Å². The van der Waals surface area contributed by atoms with E-state index in [1.165, 1.54) is 18.4 Å². The molecule has 138 valence electrons. The molecule has 0 saturated carbocycles. The minimum absolute atomic E-state index is 0.0610. The van der Waals surface area contributed by atoms with E-state index in [1.807, 2.05) is 6.07 Å². The standard InChI is InChI=1S/C19H25N5O2/c25-19-7-15-3-1-2-4-17(15)21-24(19)10-14-8-22(9-14)11-16-12-23-5-6-26-13-18(23)20-16/h7,12,14H,1-6,8-11,13H2. The first-order chi connectivity index (χ1) is 12.7. The van der Waals surface area contributed by atoms with Crippen LogP contribution < -0.4 is 5.56 Å². The summed E-state index contributed by atoms with van der Waals surface area (Å²) in [4.78, 5) is 19.4.